The molecule has 3 N–H and O–H groups in total. The van der Waals surface area contributed by atoms with Gasteiger partial charge in [0.2, 0.25) is 5.12 Å². The van der Waals surface area contributed by atoms with E-state index in [2.05, 4.69) is 15.4 Å². The average molecular weight is 186 g/mol. The van der Waals surface area contributed by atoms with Gasteiger partial charge in [0.05, 0.1) is 12.2 Å². The van der Waals surface area contributed by atoms with Gasteiger partial charge in [0.25, 0.3) is 0 Å². The number of aromatic nitrogens is 3. The second kappa shape index (κ2) is 4.89. The molecule has 0 aliphatic carbocycles. The van der Waals surface area contributed by atoms with Crippen molar-refractivity contribution in [2.45, 2.75) is 6.42 Å². The molecule has 6 heteroatoms. The molecule has 1 aromatic heterocycles. The quantitative estimate of drug-likeness (QED) is 0.666. The Morgan fingerprint density at radius 3 is 3.17 bits per heavy atom. The highest BCUT2D eigenvalue weighted by Crippen LogP contribution is 2.03. The summed E-state index contributed by atoms with van der Waals surface area (Å²) in [7, 11) is 0. The summed E-state index contributed by atoms with van der Waals surface area (Å²) >= 11 is 1.23. The van der Waals surface area contributed by atoms with Crippen LogP contribution in [0.1, 0.15) is 5.69 Å². The van der Waals surface area contributed by atoms with Crippen LogP contribution in [0.3, 0.4) is 0 Å². The van der Waals surface area contributed by atoms with Crippen molar-refractivity contribution in [2.24, 2.45) is 5.73 Å². The van der Waals surface area contributed by atoms with Crippen LogP contribution in [0.2, 0.25) is 0 Å². The van der Waals surface area contributed by atoms with Gasteiger partial charge >= 0.3 is 0 Å². The fourth-order valence-corrected chi connectivity index (χ4v) is 1.33. The largest absolute Gasteiger partial charge is 0.323 e. The Hall–Kier alpha value is -0.880. The van der Waals surface area contributed by atoms with Crippen molar-refractivity contribution < 1.29 is 4.79 Å². The van der Waals surface area contributed by atoms with E-state index in [0.29, 0.717) is 5.75 Å². The molecular formula is C6H10N4OS. The molecule has 1 aromatic rings. The van der Waals surface area contributed by atoms with Crippen molar-refractivity contribution >= 4 is 16.9 Å². The Kier molecular flexibility index (Phi) is 3.75. The predicted molar refractivity (Wildman–Crippen MR) is 46.6 cm³/mol. The Morgan fingerprint density at radius 1 is 1.75 bits per heavy atom. The number of hydrogen-bond donors (Lipinski definition) is 2. The Labute approximate surface area is 74.1 Å². The van der Waals surface area contributed by atoms with Crippen molar-refractivity contribution in [3.8, 4) is 0 Å². The zero-order valence-electron chi connectivity index (χ0n) is 6.49. The first-order valence-electron chi connectivity index (χ1n) is 3.54. The fourth-order valence-electron chi connectivity index (χ4n) is 0.676. The first kappa shape index (κ1) is 9.21. The maximum atomic E-state index is 10.7. The second-order valence-electron chi connectivity index (χ2n) is 2.14. The van der Waals surface area contributed by atoms with Gasteiger partial charge in [-0.2, -0.15) is 0 Å². The molecule has 12 heavy (non-hydrogen) atoms. The lowest BCUT2D eigenvalue weighted by Gasteiger charge is -1.94. The molecule has 0 unspecified atom stereocenters. The molecule has 0 saturated carbocycles. The monoisotopic (exact) mass is 186 g/mol. The van der Waals surface area contributed by atoms with Gasteiger partial charge in [-0.1, -0.05) is 17.0 Å². The van der Waals surface area contributed by atoms with E-state index >= 15 is 0 Å². The lowest BCUT2D eigenvalue weighted by molar-refractivity contribution is -0.109. The molecule has 0 bridgehead atoms. The van der Waals surface area contributed by atoms with Crippen LogP contribution in [0, 0.1) is 0 Å². The van der Waals surface area contributed by atoms with E-state index in [1.165, 1.54) is 11.8 Å². The van der Waals surface area contributed by atoms with Crippen LogP contribution in [-0.2, 0) is 11.2 Å². The maximum Gasteiger partial charge on any atom is 0.202 e. The van der Waals surface area contributed by atoms with Crippen LogP contribution in [0.5, 0.6) is 0 Å². The van der Waals surface area contributed by atoms with Crippen LogP contribution in [-0.4, -0.2) is 32.8 Å². The molecule has 0 atom stereocenters. The van der Waals surface area contributed by atoms with Crippen molar-refractivity contribution in [1.29, 1.82) is 0 Å². The molecule has 0 spiro atoms. The van der Waals surface area contributed by atoms with Crippen LogP contribution >= 0.6 is 11.8 Å². The van der Waals surface area contributed by atoms with Crippen LogP contribution in [0.15, 0.2) is 6.20 Å². The number of H-pyrrole nitrogens is 1. The number of nitrogens with two attached hydrogens (primary N) is 1. The van der Waals surface area contributed by atoms with E-state index in [9.17, 15) is 4.79 Å². The van der Waals surface area contributed by atoms with Crippen molar-refractivity contribution in [3.05, 3.63) is 11.9 Å². The molecule has 0 saturated heterocycles. The number of hydrogen-bond acceptors (Lipinski definition) is 5. The Balaban J connectivity index is 2.15. The summed E-state index contributed by atoms with van der Waals surface area (Å²) in [6.45, 7) is 0.101. The lowest BCUT2D eigenvalue weighted by atomic mass is 10.4. The number of carbonyl (C=O) groups is 1. The normalized spacial score (nSPS) is 10.1. The second-order valence-corrected chi connectivity index (χ2v) is 3.29. The van der Waals surface area contributed by atoms with Gasteiger partial charge in [-0.05, 0) is 0 Å². The van der Waals surface area contributed by atoms with E-state index in [1.54, 1.807) is 6.20 Å². The fraction of sp³-hybridized carbons (Fsp3) is 0.500. The van der Waals surface area contributed by atoms with E-state index in [0.717, 1.165) is 12.1 Å². The van der Waals surface area contributed by atoms with Gasteiger partial charge < -0.3 is 5.73 Å². The number of nitrogens with zero attached hydrogens (tertiary/aromatic N) is 2. The van der Waals surface area contributed by atoms with E-state index in [-0.39, 0.29) is 11.7 Å². The minimum Gasteiger partial charge on any atom is -0.323 e. The van der Waals surface area contributed by atoms with Gasteiger partial charge in [0, 0.05) is 18.4 Å². The lowest BCUT2D eigenvalue weighted by Crippen LogP contribution is -2.10. The zero-order chi connectivity index (χ0) is 8.81. The minimum atomic E-state index is 0.0125. The highest BCUT2D eigenvalue weighted by molar-refractivity contribution is 8.13. The van der Waals surface area contributed by atoms with Gasteiger partial charge in [0.15, 0.2) is 0 Å². The summed E-state index contributed by atoms with van der Waals surface area (Å²) in [6.07, 6.45) is 2.46. The number of carbonyl (C=O) groups excluding carboxylic acids is 1. The van der Waals surface area contributed by atoms with Crippen molar-refractivity contribution in [2.75, 3.05) is 12.3 Å². The Bertz CT molecular complexity index is 236. The van der Waals surface area contributed by atoms with E-state index in [1.807, 2.05) is 0 Å². The summed E-state index contributed by atoms with van der Waals surface area (Å²) in [5.41, 5.74) is 5.99. The number of thioether (sulfide) groups is 1. The van der Waals surface area contributed by atoms with E-state index < -0.39 is 0 Å². The van der Waals surface area contributed by atoms with Gasteiger partial charge in [-0.15, -0.1) is 5.10 Å². The smallest absolute Gasteiger partial charge is 0.202 e. The topological polar surface area (TPSA) is 84.7 Å². The standard InChI is InChI=1S/C6H10N4OS/c7-3-6(11)12-2-1-5-4-8-10-9-5/h4H,1-3,7H2,(H,8,9,10). The van der Waals surface area contributed by atoms with Gasteiger partial charge in [0.1, 0.15) is 0 Å². The molecule has 0 aliphatic rings. The highest BCUT2D eigenvalue weighted by Gasteiger charge is 2.00. The first-order chi connectivity index (χ1) is 5.83. The van der Waals surface area contributed by atoms with Crippen LogP contribution in [0.4, 0.5) is 0 Å². The van der Waals surface area contributed by atoms with Crippen LogP contribution in [0.25, 0.3) is 0 Å². The number of aryl methyl sites for hydroxylation is 1. The first-order valence-corrected chi connectivity index (χ1v) is 4.52. The zero-order valence-corrected chi connectivity index (χ0v) is 7.30. The summed E-state index contributed by atoms with van der Waals surface area (Å²) in [5, 5.41) is 9.94. The molecule has 0 fully saturated rings. The molecule has 5 nitrogen and oxygen atoms in total. The van der Waals surface area contributed by atoms with Crippen molar-refractivity contribution in [3.63, 3.8) is 0 Å². The number of aromatic amines is 1. The molecule has 66 valence electrons. The summed E-state index contributed by atoms with van der Waals surface area (Å²) in [5.74, 6) is 0.711. The van der Waals surface area contributed by atoms with E-state index in [4.69, 9.17) is 5.73 Å². The number of rotatable bonds is 4. The van der Waals surface area contributed by atoms with Gasteiger partial charge in [-0.25, -0.2) is 0 Å². The maximum absolute atomic E-state index is 10.7. The average Bonchev–Trinajstić information content (AvgIpc) is 2.57. The molecule has 1 heterocycles. The minimum absolute atomic E-state index is 0.0125. The SMILES string of the molecule is NCC(=O)SCCc1c[nH]nn1. The molecule has 0 aromatic carbocycles. The third-order valence-corrected chi connectivity index (χ3v) is 2.15. The summed E-state index contributed by atoms with van der Waals surface area (Å²) in [4.78, 5) is 10.7. The third kappa shape index (κ3) is 3.02. The molecule has 1 rings (SSSR count). The number of nitrogens with one attached hydrogen (secondary N) is 1. The summed E-state index contributed by atoms with van der Waals surface area (Å²) < 4.78 is 0. The van der Waals surface area contributed by atoms with Crippen LogP contribution < -0.4 is 5.73 Å². The predicted octanol–water partition coefficient (Wildman–Crippen LogP) is -0.434. The van der Waals surface area contributed by atoms with Gasteiger partial charge in [-0.3, -0.25) is 9.89 Å². The molecular weight excluding hydrogens is 176 g/mol. The highest BCUT2D eigenvalue weighted by atomic mass is 32.2. The molecule has 0 radical (unpaired) electrons. The Morgan fingerprint density at radius 2 is 2.58 bits per heavy atom. The third-order valence-electron chi connectivity index (χ3n) is 1.26. The summed E-state index contributed by atoms with van der Waals surface area (Å²) in [6, 6.07) is 0. The van der Waals surface area contributed by atoms with Crippen molar-refractivity contribution in [1.82, 2.24) is 15.4 Å². The molecule has 0 aliphatic heterocycles. The molecule has 0 amide bonds.